The molecule has 3 N–H and O–H groups in total. The number of amides is 1. The highest BCUT2D eigenvalue weighted by atomic mass is 35.5. The number of hydrogen-bond donors (Lipinski definition) is 2. The number of benzene rings is 1. The van der Waals surface area contributed by atoms with Gasteiger partial charge in [-0.15, -0.1) is 0 Å². The third-order valence-electron chi connectivity index (χ3n) is 3.83. The van der Waals surface area contributed by atoms with Gasteiger partial charge in [0.25, 0.3) is 0 Å². The summed E-state index contributed by atoms with van der Waals surface area (Å²) in [6.07, 6.45) is 1.80. The number of hydrogen-bond acceptors (Lipinski definition) is 3. The second kappa shape index (κ2) is 8.11. The number of nitrogens with two attached hydrogens (primary N) is 1. The highest BCUT2D eigenvalue weighted by Crippen LogP contribution is 2.30. The largest absolute Gasteiger partial charge is 0.355 e. The molecule has 4 nitrogen and oxygen atoms in total. The first kappa shape index (κ1) is 17.5. The first-order valence-corrected chi connectivity index (χ1v) is 8.11. The SMILES string of the molecule is NCCNC(=O)C1CCCN(Cc2ccc(F)c(Cl)c2Cl)C1. The van der Waals surface area contributed by atoms with E-state index in [1.807, 2.05) is 0 Å². The van der Waals surface area contributed by atoms with E-state index in [1.165, 1.54) is 6.07 Å². The summed E-state index contributed by atoms with van der Waals surface area (Å²) in [7, 11) is 0. The van der Waals surface area contributed by atoms with Crippen molar-refractivity contribution in [2.45, 2.75) is 19.4 Å². The van der Waals surface area contributed by atoms with Crippen LogP contribution in [0.5, 0.6) is 0 Å². The molecule has 0 bridgehead atoms. The zero-order valence-electron chi connectivity index (χ0n) is 12.2. The van der Waals surface area contributed by atoms with E-state index >= 15 is 0 Å². The summed E-state index contributed by atoms with van der Waals surface area (Å²) in [5.41, 5.74) is 6.17. The molecule has 1 fully saturated rings. The molecule has 0 radical (unpaired) electrons. The second-order valence-corrected chi connectivity index (χ2v) is 6.24. The maximum Gasteiger partial charge on any atom is 0.224 e. The van der Waals surface area contributed by atoms with Crippen LogP contribution in [0.4, 0.5) is 4.39 Å². The Morgan fingerprint density at radius 2 is 2.18 bits per heavy atom. The van der Waals surface area contributed by atoms with Crippen molar-refractivity contribution >= 4 is 29.1 Å². The van der Waals surface area contributed by atoms with Gasteiger partial charge in [0.15, 0.2) is 0 Å². The summed E-state index contributed by atoms with van der Waals surface area (Å²) < 4.78 is 13.3. The molecule has 1 aliphatic rings. The summed E-state index contributed by atoms with van der Waals surface area (Å²) in [4.78, 5) is 14.2. The predicted molar refractivity (Wildman–Crippen MR) is 86.5 cm³/mol. The fraction of sp³-hybridized carbons (Fsp3) is 0.533. The number of piperidine rings is 1. The van der Waals surface area contributed by atoms with Crippen molar-refractivity contribution in [3.63, 3.8) is 0 Å². The lowest BCUT2D eigenvalue weighted by molar-refractivity contribution is -0.126. The van der Waals surface area contributed by atoms with Crippen LogP contribution in [0.25, 0.3) is 0 Å². The fourth-order valence-corrected chi connectivity index (χ4v) is 3.08. The highest BCUT2D eigenvalue weighted by molar-refractivity contribution is 6.42. The van der Waals surface area contributed by atoms with E-state index in [-0.39, 0.29) is 21.9 Å². The zero-order valence-corrected chi connectivity index (χ0v) is 13.8. The van der Waals surface area contributed by atoms with Crippen molar-refractivity contribution in [2.24, 2.45) is 11.7 Å². The Labute approximate surface area is 139 Å². The summed E-state index contributed by atoms with van der Waals surface area (Å²) in [5, 5.41) is 3.03. The quantitative estimate of drug-likeness (QED) is 0.804. The molecular weight excluding hydrogens is 328 g/mol. The molecule has 7 heteroatoms. The van der Waals surface area contributed by atoms with E-state index in [4.69, 9.17) is 28.9 Å². The Hall–Kier alpha value is -0.880. The lowest BCUT2D eigenvalue weighted by Crippen LogP contribution is -2.43. The van der Waals surface area contributed by atoms with Gasteiger partial charge in [-0.2, -0.15) is 0 Å². The van der Waals surface area contributed by atoms with Crippen LogP contribution in [-0.4, -0.2) is 37.0 Å². The van der Waals surface area contributed by atoms with Crippen molar-refractivity contribution in [1.82, 2.24) is 10.2 Å². The lowest BCUT2D eigenvalue weighted by Gasteiger charge is -2.32. The van der Waals surface area contributed by atoms with Crippen molar-refractivity contribution in [1.29, 1.82) is 0 Å². The molecule has 22 heavy (non-hydrogen) atoms. The van der Waals surface area contributed by atoms with Crippen molar-refractivity contribution < 1.29 is 9.18 Å². The number of halogens is 3. The smallest absolute Gasteiger partial charge is 0.224 e. The van der Waals surface area contributed by atoms with Gasteiger partial charge in [0.05, 0.1) is 16.0 Å². The third kappa shape index (κ3) is 4.32. The van der Waals surface area contributed by atoms with Gasteiger partial charge in [0.2, 0.25) is 5.91 Å². The Morgan fingerprint density at radius 1 is 1.41 bits per heavy atom. The number of rotatable bonds is 5. The molecule has 1 heterocycles. The van der Waals surface area contributed by atoms with Gasteiger partial charge in [-0.25, -0.2) is 4.39 Å². The van der Waals surface area contributed by atoms with Crippen molar-refractivity contribution in [2.75, 3.05) is 26.2 Å². The first-order valence-electron chi connectivity index (χ1n) is 7.35. The molecule has 1 atom stereocenters. The van der Waals surface area contributed by atoms with Crippen LogP contribution >= 0.6 is 23.2 Å². The molecule has 122 valence electrons. The predicted octanol–water partition coefficient (Wildman–Crippen LogP) is 2.42. The summed E-state index contributed by atoms with van der Waals surface area (Å²) >= 11 is 11.9. The Bertz CT molecular complexity index is 542. The summed E-state index contributed by atoms with van der Waals surface area (Å²) in [5.74, 6) is -0.526. The molecule has 1 aromatic rings. The van der Waals surface area contributed by atoms with Gasteiger partial charge in [0, 0.05) is 26.2 Å². The van der Waals surface area contributed by atoms with E-state index in [9.17, 15) is 9.18 Å². The van der Waals surface area contributed by atoms with Gasteiger partial charge in [-0.1, -0.05) is 29.3 Å². The van der Waals surface area contributed by atoms with Crippen LogP contribution in [0.15, 0.2) is 12.1 Å². The number of carbonyl (C=O) groups excluding carboxylic acids is 1. The molecule has 0 aliphatic carbocycles. The van der Waals surface area contributed by atoms with Gasteiger partial charge in [0.1, 0.15) is 5.82 Å². The molecule has 1 aromatic carbocycles. The average Bonchev–Trinajstić information content (AvgIpc) is 2.53. The van der Waals surface area contributed by atoms with E-state index in [1.54, 1.807) is 6.07 Å². The molecule has 1 saturated heterocycles. The third-order valence-corrected chi connectivity index (χ3v) is 4.73. The molecular formula is C15H20Cl2FN3O. The average molecular weight is 348 g/mol. The van der Waals surface area contributed by atoms with Crippen molar-refractivity contribution in [3.8, 4) is 0 Å². The highest BCUT2D eigenvalue weighted by Gasteiger charge is 2.26. The van der Waals surface area contributed by atoms with E-state index in [0.29, 0.717) is 26.2 Å². The number of nitrogens with one attached hydrogen (secondary N) is 1. The second-order valence-electron chi connectivity index (χ2n) is 5.49. The molecule has 0 spiro atoms. The van der Waals surface area contributed by atoms with Gasteiger partial charge >= 0.3 is 0 Å². The minimum absolute atomic E-state index is 0.0402. The molecule has 1 unspecified atom stereocenters. The number of nitrogens with zero attached hydrogens (tertiary/aromatic N) is 1. The first-order chi connectivity index (χ1) is 10.5. The van der Waals surface area contributed by atoms with Gasteiger partial charge in [-0.3, -0.25) is 9.69 Å². The Kier molecular flexibility index (Phi) is 6.44. The molecule has 2 rings (SSSR count). The van der Waals surface area contributed by atoms with Crippen LogP contribution < -0.4 is 11.1 Å². The van der Waals surface area contributed by atoms with Crippen molar-refractivity contribution in [3.05, 3.63) is 33.6 Å². The molecule has 1 aliphatic heterocycles. The lowest BCUT2D eigenvalue weighted by atomic mass is 9.96. The van der Waals surface area contributed by atoms with Crippen LogP contribution in [0.2, 0.25) is 10.0 Å². The van der Waals surface area contributed by atoms with Crippen LogP contribution in [0.1, 0.15) is 18.4 Å². The monoisotopic (exact) mass is 347 g/mol. The van der Waals surface area contributed by atoms with Gasteiger partial charge in [-0.05, 0) is 31.0 Å². The summed E-state index contributed by atoms with van der Waals surface area (Å²) in [6.45, 7) is 3.02. The normalized spacial score (nSPS) is 19.2. The fourth-order valence-electron chi connectivity index (χ4n) is 2.68. The molecule has 0 saturated carbocycles. The zero-order chi connectivity index (χ0) is 16.1. The van der Waals surface area contributed by atoms with Gasteiger partial charge < -0.3 is 11.1 Å². The Balaban J connectivity index is 1.98. The van der Waals surface area contributed by atoms with Crippen LogP contribution in [0, 0.1) is 11.7 Å². The van der Waals surface area contributed by atoms with E-state index < -0.39 is 5.82 Å². The minimum atomic E-state index is -0.520. The van der Waals surface area contributed by atoms with Crippen LogP contribution in [-0.2, 0) is 11.3 Å². The topological polar surface area (TPSA) is 58.4 Å². The van der Waals surface area contributed by atoms with E-state index in [0.717, 1.165) is 24.9 Å². The van der Waals surface area contributed by atoms with E-state index in [2.05, 4.69) is 10.2 Å². The standard InChI is InChI=1S/C15H20Cl2FN3O/c16-13-10(3-4-12(18)14(13)17)8-21-7-1-2-11(9-21)15(22)20-6-5-19/h3-4,11H,1-2,5-9,19H2,(H,20,22). The number of likely N-dealkylation sites (tertiary alicyclic amines) is 1. The molecule has 1 amide bonds. The number of carbonyl (C=O) groups is 1. The maximum absolute atomic E-state index is 13.3. The minimum Gasteiger partial charge on any atom is -0.355 e. The maximum atomic E-state index is 13.3. The van der Waals surface area contributed by atoms with Crippen LogP contribution in [0.3, 0.4) is 0 Å². The Morgan fingerprint density at radius 3 is 2.91 bits per heavy atom. The molecule has 0 aromatic heterocycles. The summed E-state index contributed by atoms with van der Waals surface area (Å²) in [6, 6.07) is 2.96.